The Morgan fingerprint density at radius 1 is 1.30 bits per heavy atom. The number of aromatic nitrogens is 1. The second-order valence-electron chi connectivity index (χ2n) is 6.30. The molecule has 1 amide bonds. The van der Waals surface area contributed by atoms with Crippen molar-refractivity contribution in [2.24, 2.45) is 0 Å². The monoisotopic (exact) mass is 444 g/mol. The van der Waals surface area contributed by atoms with Crippen LogP contribution in [0.2, 0.25) is 0 Å². The predicted octanol–water partition coefficient (Wildman–Crippen LogP) is 4.69. The highest BCUT2D eigenvalue weighted by Gasteiger charge is 2.25. The van der Waals surface area contributed by atoms with Crippen LogP contribution in [0.1, 0.15) is 21.7 Å². The molecule has 1 saturated heterocycles. The summed E-state index contributed by atoms with van der Waals surface area (Å²) in [7, 11) is 1.90. The van der Waals surface area contributed by atoms with E-state index < -0.39 is 0 Å². The number of nitrogens with one attached hydrogen (secondary N) is 2. The van der Waals surface area contributed by atoms with Gasteiger partial charge in [-0.15, -0.1) is 36.2 Å². The van der Waals surface area contributed by atoms with Gasteiger partial charge in [0.25, 0.3) is 5.91 Å². The van der Waals surface area contributed by atoms with Crippen LogP contribution in [0.3, 0.4) is 0 Å². The highest BCUT2D eigenvalue weighted by Crippen LogP contribution is 2.35. The van der Waals surface area contributed by atoms with Crippen molar-refractivity contribution in [2.75, 3.05) is 25.5 Å². The molecule has 27 heavy (non-hydrogen) atoms. The summed E-state index contributed by atoms with van der Waals surface area (Å²) in [5.41, 5.74) is 2.25. The lowest BCUT2D eigenvalue weighted by Crippen LogP contribution is -2.37. The first-order valence-electron chi connectivity index (χ1n) is 8.33. The summed E-state index contributed by atoms with van der Waals surface area (Å²) in [6.07, 6.45) is 1.02. The average Bonchev–Trinajstić information content (AvgIpc) is 3.31. The van der Waals surface area contributed by atoms with Crippen LogP contribution >= 0.6 is 47.5 Å². The average molecular weight is 445 g/mol. The van der Waals surface area contributed by atoms with E-state index in [2.05, 4.69) is 28.6 Å². The van der Waals surface area contributed by atoms with Gasteiger partial charge in [-0.3, -0.25) is 4.79 Å². The van der Waals surface area contributed by atoms with Crippen LogP contribution in [0, 0.1) is 6.92 Å². The molecule has 0 radical (unpaired) electrons. The third-order valence-electron chi connectivity index (χ3n) is 4.59. The van der Waals surface area contributed by atoms with Crippen molar-refractivity contribution in [3.05, 3.63) is 40.8 Å². The maximum absolute atomic E-state index is 12.7. The number of thiophene rings is 1. The number of para-hydroxylation sites is 1. The number of rotatable bonds is 4. The quantitative estimate of drug-likeness (QED) is 0.612. The molecule has 1 atom stereocenters. The molecule has 5 nitrogen and oxygen atoms in total. The first-order valence-corrected chi connectivity index (χ1v) is 9.96. The number of benzene rings is 1. The van der Waals surface area contributed by atoms with Crippen LogP contribution in [0.15, 0.2) is 30.3 Å². The lowest BCUT2D eigenvalue weighted by atomic mass is 10.2. The molecular weight excluding hydrogens is 423 g/mol. The standard InChI is InChI=1S/C18H20N4OS2.2ClH/c1-11-5-3-4-6-13(11)20-18-21-16-14(25-18)9-15(24-16)17(23)22(2)12-7-8-19-10-12;;/h3-6,9,12,19H,7-8,10H2,1-2H3,(H,20,21);2*1H. The molecule has 9 heteroatoms. The Hall–Kier alpha value is -1.38. The van der Waals surface area contributed by atoms with E-state index in [1.54, 1.807) is 11.3 Å². The van der Waals surface area contributed by atoms with Gasteiger partial charge < -0.3 is 15.5 Å². The Labute approximate surface area is 179 Å². The van der Waals surface area contributed by atoms with Crippen molar-refractivity contribution in [2.45, 2.75) is 19.4 Å². The van der Waals surface area contributed by atoms with Gasteiger partial charge in [-0.25, -0.2) is 4.98 Å². The van der Waals surface area contributed by atoms with Crippen LogP contribution in [0.4, 0.5) is 10.8 Å². The maximum atomic E-state index is 12.7. The summed E-state index contributed by atoms with van der Waals surface area (Å²) < 4.78 is 1.06. The third-order valence-corrected chi connectivity index (χ3v) is 6.65. The number of fused-ring (bicyclic) bond motifs is 1. The molecule has 4 rings (SSSR count). The van der Waals surface area contributed by atoms with E-state index in [9.17, 15) is 4.79 Å². The highest BCUT2D eigenvalue weighted by molar-refractivity contribution is 7.29. The van der Waals surface area contributed by atoms with E-state index >= 15 is 0 Å². The first-order chi connectivity index (χ1) is 12.1. The third kappa shape index (κ3) is 4.55. The van der Waals surface area contributed by atoms with E-state index in [0.717, 1.165) is 44.7 Å². The Bertz CT molecular complexity index is 890. The number of halogens is 2. The summed E-state index contributed by atoms with van der Waals surface area (Å²) >= 11 is 3.06. The lowest BCUT2D eigenvalue weighted by molar-refractivity contribution is 0.0749. The summed E-state index contributed by atoms with van der Waals surface area (Å²) in [5.74, 6) is 0.0947. The number of amides is 1. The first kappa shape index (κ1) is 21.9. The Kier molecular flexibility index (Phi) is 7.47. The number of carbonyl (C=O) groups is 1. The van der Waals surface area contributed by atoms with Gasteiger partial charge in [0.1, 0.15) is 4.83 Å². The van der Waals surface area contributed by atoms with Gasteiger partial charge in [0.15, 0.2) is 5.13 Å². The van der Waals surface area contributed by atoms with Crippen molar-refractivity contribution in [1.82, 2.24) is 15.2 Å². The zero-order valence-electron chi connectivity index (χ0n) is 15.0. The number of carbonyl (C=O) groups excluding carboxylic acids is 1. The fraction of sp³-hybridized carbons (Fsp3) is 0.333. The van der Waals surface area contributed by atoms with Crippen LogP contribution in [-0.2, 0) is 0 Å². The maximum Gasteiger partial charge on any atom is 0.264 e. The zero-order chi connectivity index (χ0) is 17.4. The van der Waals surface area contributed by atoms with E-state index in [1.165, 1.54) is 16.9 Å². The fourth-order valence-corrected chi connectivity index (χ4v) is 5.14. The molecular formula is C18H22Cl2N4OS2. The minimum Gasteiger partial charge on any atom is -0.337 e. The van der Waals surface area contributed by atoms with Gasteiger partial charge in [0.2, 0.25) is 0 Å². The Morgan fingerprint density at radius 3 is 2.74 bits per heavy atom. The summed E-state index contributed by atoms with van der Waals surface area (Å²) in [6, 6.07) is 10.4. The van der Waals surface area contributed by atoms with Gasteiger partial charge in [0.05, 0.1) is 9.58 Å². The van der Waals surface area contributed by atoms with Gasteiger partial charge in [0, 0.05) is 25.3 Å². The molecule has 0 aliphatic carbocycles. The van der Waals surface area contributed by atoms with E-state index in [-0.39, 0.29) is 30.7 Å². The summed E-state index contributed by atoms with van der Waals surface area (Å²) in [5, 5.41) is 7.55. The molecule has 3 aromatic rings. The second-order valence-corrected chi connectivity index (χ2v) is 8.36. The normalized spacial score (nSPS) is 15.9. The van der Waals surface area contributed by atoms with Gasteiger partial charge >= 0.3 is 0 Å². The number of hydrogen-bond acceptors (Lipinski definition) is 6. The van der Waals surface area contributed by atoms with E-state index in [0.29, 0.717) is 6.04 Å². The fourth-order valence-electron chi connectivity index (χ4n) is 3.03. The molecule has 0 spiro atoms. The molecule has 1 aliphatic rings. The molecule has 1 aliphatic heterocycles. The topological polar surface area (TPSA) is 57.3 Å². The summed E-state index contributed by atoms with van der Waals surface area (Å²) in [6.45, 7) is 3.94. The zero-order valence-corrected chi connectivity index (χ0v) is 18.3. The van der Waals surface area contributed by atoms with E-state index in [1.807, 2.05) is 36.2 Å². The number of hydrogen-bond donors (Lipinski definition) is 2. The molecule has 2 aromatic heterocycles. The smallest absolute Gasteiger partial charge is 0.264 e. The molecule has 0 saturated carbocycles. The van der Waals surface area contributed by atoms with Gasteiger partial charge in [-0.1, -0.05) is 29.5 Å². The van der Waals surface area contributed by atoms with Crippen molar-refractivity contribution >= 4 is 73.7 Å². The Balaban J connectivity index is 0.00000131. The van der Waals surface area contributed by atoms with Crippen molar-refractivity contribution in [3.63, 3.8) is 0 Å². The molecule has 1 aromatic carbocycles. The van der Waals surface area contributed by atoms with Crippen LogP contribution in [0.25, 0.3) is 9.53 Å². The number of nitrogens with zero attached hydrogens (tertiary/aromatic N) is 2. The van der Waals surface area contributed by atoms with Crippen molar-refractivity contribution < 1.29 is 4.79 Å². The van der Waals surface area contributed by atoms with Crippen molar-refractivity contribution in [3.8, 4) is 0 Å². The van der Waals surface area contributed by atoms with Gasteiger partial charge in [-0.05, 0) is 37.6 Å². The van der Waals surface area contributed by atoms with Gasteiger partial charge in [-0.2, -0.15) is 0 Å². The molecule has 146 valence electrons. The molecule has 0 bridgehead atoms. The molecule has 3 heterocycles. The number of thiazole rings is 1. The molecule has 1 unspecified atom stereocenters. The summed E-state index contributed by atoms with van der Waals surface area (Å²) in [4.78, 5) is 20.9. The lowest BCUT2D eigenvalue weighted by Gasteiger charge is -2.22. The number of aryl methyl sites for hydroxylation is 1. The van der Waals surface area contributed by atoms with Crippen LogP contribution in [0.5, 0.6) is 0 Å². The Morgan fingerprint density at radius 2 is 2.07 bits per heavy atom. The molecule has 1 fully saturated rings. The number of likely N-dealkylation sites (N-methyl/N-ethyl adjacent to an activating group) is 1. The van der Waals surface area contributed by atoms with E-state index in [4.69, 9.17) is 0 Å². The SMILES string of the molecule is Cc1ccccc1Nc1nc2sc(C(=O)N(C)C3CCNC3)cc2s1.Cl.Cl. The van der Waals surface area contributed by atoms with Crippen molar-refractivity contribution in [1.29, 1.82) is 0 Å². The largest absolute Gasteiger partial charge is 0.337 e. The number of anilines is 2. The minimum absolute atomic E-state index is 0. The van der Waals surface area contributed by atoms with Crippen LogP contribution < -0.4 is 10.6 Å². The minimum atomic E-state index is 0. The second kappa shape index (κ2) is 9.21. The highest BCUT2D eigenvalue weighted by atomic mass is 35.5. The predicted molar refractivity (Wildman–Crippen MR) is 120 cm³/mol. The van der Waals surface area contributed by atoms with Crippen LogP contribution in [-0.4, -0.2) is 42.0 Å². The molecule has 2 N–H and O–H groups in total.